The second kappa shape index (κ2) is 10.8. The van der Waals surface area contributed by atoms with Crippen molar-refractivity contribution in [3.63, 3.8) is 0 Å². The number of rotatable bonds is 11. The predicted molar refractivity (Wildman–Crippen MR) is 144 cm³/mol. The van der Waals surface area contributed by atoms with E-state index in [4.69, 9.17) is 11.6 Å². The van der Waals surface area contributed by atoms with Crippen LogP contribution in [-0.4, -0.2) is 61.3 Å². The van der Waals surface area contributed by atoms with Crippen LogP contribution in [0, 0.1) is 5.82 Å². The lowest BCUT2D eigenvalue weighted by Crippen LogP contribution is -2.27. The number of pyridine rings is 2. The summed E-state index contributed by atoms with van der Waals surface area (Å²) in [7, 11) is -3.75. The number of aromatic nitrogens is 7. The first-order valence-corrected chi connectivity index (χ1v) is 14.8. The van der Waals surface area contributed by atoms with E-state index in [9.17, 15) is 22.0 Å². The van der Waals surface area contributed by atoms with Gasteiger partial charge < -0.3 is 14.1 Å². The fourth-order valence-corrected chi connectivity index (χ4v) is 5.89. The zero-order valence-corrected chi connectivity index (χ0v) is 23.0. The first-order chi connectivity index (χ1) is 19.7. The van der Waals surface area contributed by atoms with Gasteiger partial charge in [0.25, 0.3) is 5.91 Å². The van der Waals surface area contributed by atoms with E-state index in [0.29, 0.717) is 28.5 Å². The smallest absolute Gasteiger partial charge is 0.273 e. The highest BCUT2D eigenvalue weighted by atomic mass is 35.5. The quantitative estimate of drug-likeness (QED) is 0.236. The molecule has 1 saturated carbocycles. The Morgan fingerprint density at radius 2 is 2.02 bits per heavy atom. The van der Waals surface area contributed by atoms with Crippen molar-refractivity contribution in [3.8, 4) is 0 Å². The van der Waals surface area contributed by atoms with Crippen LogP contribution in [0.3, 0.4) is 0 Å². The molecule has 12 nitrogen and oxygen atoms in total. The monoisotopic (exact) mass is 603 g/mol. The Bertz CT molecular complexity index is 1880. The molecule has 16 heteroatoms. The summed E-state index contributed by atoms with van der Waals surface area (Å²) in [4.78, 5) is 21.5. The first kappa shape index (κ1) is 27.2. The number of hydrogen-bond donors (Lipinski definition) is 2. The third-order valence-electron chi connectivity index (χ3n) is 6.69. The number of carbonyl (C=O) groups is 1. The molecule has 1 amide bonds. The number of carbonyl (C=O) groups excluding carboxylic acids is 1. The number of amides is 1. The zero-order chi connectivity index (χ0) is 28.7. The third kappa shape index (κ3) is 5.78. The molecule has 0 radical (unpaired) electrons. The van der Waals surface area contributed by atoms with E-state index in [1.54, 1.807) is 16.8 Å². The second-order valence-electron chi connectivity index (χ2n) is 9.79. The van der Waals surface area contributed by atoms with Crippen molar-refractivity contribution in [2.45, 2.75) is 37.6 Å². The number of halogens is 3. The Labute approximate surface area is 237 Å². The van der Waals surface area contributed by atoms with E-state index in [-0.39, 0.29) is 41.6 Å². The summed E-state index contributed by atoms with van der Waals surface area (Å²) >= 11 is 5.88. The van der Waals surface area contributed by atoms with Gasteiger partial charge in [0.15, 0.2) is 11.5 Å². The van der Waals surface area contributed by atoms with Crippen molar-refractivity contribution in [1.82, 2.24) is 43.8 Å². The molecule has 0 unspecified atom stereocenters. The lowest BCUT2D eigenvalue weighted by Gasteiger charge is -2.09. The molecule has 214 valence electrons. The molecular formula is C25H24ClF2N9O3S. The third-order valence-corrected chi connectivity index (χ3v) is 8.32. The number of fused-ring (bicyclic) bond motifs is 2. The van der Waals surface area contributed by atoms with Gasteiger partial charge in [0.1, 0.15) is 17.8 Å². The number of nitrogens with one attached hydrogen (secondary N) is 2. The molecule has 5 heterocycles. The van der Waals surface area contributed by atoms with Gasteiger partial charge in [-0.3, -0.25) is 4.79 Å². The molecule has 0 aromatic carbocycles. The molecule has 41 heavy (non-hydrogen) atoms. The van der Waals surface area contributed by atoms with E-state index in [2.05, 4.69) is 30.3 Å². The Kier molecular flexibility index (Phi) is 7.17. The highest BCUT2D eigenvalue weighted by molar-refractivity contribution is 7.88. The average Bonchev–Trinajstić information content (AvgIpc) is 3.34. The van der Waals surface area contributed by atoms with Crippen LogP contribution in [0.4, 0.5) is 8.78 Å². The summed E-state index contributed by atoms with van der Waals surface area (Å²) in [6.07, 6.45) is 10.2. The maximum Gasteiger partial charge on any atom is 0.273 e. The van der Waals surface area contributed by atoms with Crippen LogP contribution < -0.4 is 10.0 Å². The van der Waals surface area contributed by atoms with Gasteiger partial charge in [0, 0.05) is 30.7 Å². The van der Waals surface area contributed by atoms with Gasteiger partial charge in [-0.05, 0) is 36.5 Å². The van der Waals surface area contributed by atoms with Gasteiger partial charge in [-0.2, -0.15) is 0 Å². The highest BCUT2D eigenvalue weighted by Gasteiger charge is 2.26. The SMILES string of the molecule is O=C(NCc1ncn2ccc(Cl)c(F)c12)c1cn(Cc2cn3cc(C4CC4)cc(CS(=O)(=O)NCCF)c3n2)nn1. The maximum atomic E-state index is 14.5. The van der Waals surface area contributed by atoms with Crippen molar-refractivity contribution >= 4 is 38.7 Å². The lowest BCUT2D eigenvalue weighted by atomic mass is 10.1. The molecule has 0 aliphatic heterocycles. The van der Waals surface area contributed by atoms with Gasteiger partial charge in [-0.1, -0.05) is 16.8 Å². The maximum absolute atomic E-state index is 14.5. The van der Waals surface area contributed by atoms with E-state index >= 15 is 0 Å². The van der Waals surface area contributed by atoms with Crippen LogP contribution in [0.2, 0.25) is 5.02 Å². The minimum atomic E-state index is -3.75. The molecule has 6 rings (SSSR count). The van der Waals surface area contributed by atoms with E-state index in [0.717, 1.165) is 18.4 Å². The minimum Gasteiger partial charge on any atom is -0.345 e. The van der Waals surface area contributed by atoms with Crippen LogP contribution in [0.15, 0.2) is 43.2 Å². The van der Waals surface area contributed by atoms with Crippen LogP contribution in [0.25, 0.3) is 11.2 Å². The number of imidazole rings is 2. The summed E-state index contributed by atoms with van der Waals surface area (Å²) in [5, 5.41) is 10.5. The lowest BCUT2D eigenvalue weighted by molar-refractivity contribution is 0.0945. The molecule has 0 bridgehead atoms. The van der Waals surface area contributed by atoms with Crippen molar-refractivity contribution in [3.05, 3.63) is 82.3 Å². The summed E-state index contributed by atoms with van der Waals surface area (Å²) in [6, 6.07) is 3.26. The van der Waals surface area contributed by atoms with E-state index in [1.165, 1.54) is 27.7 Å². The highest BCUT2D eigenvalue weighted by Crippen LogP contribution is 2.40. The van der Waals surface area contributed by atoms with Gasteiger partial charge in [0.2, 0.25) is 10.0 Å². The Hall–Kier alpha value is -3.95. The molecule has 0 saturated heterocycles. The topological polar surface area (TPSA) is 141 Å². The van der Waals surface area contributed by atoms with Crippen LogP contribution in [-0.2, 0) is 28.9 Å². The fraction of sp³-hybridized carbons (Fsp3) is 0.320. The van der Waals surface area contributed by atoms with Crippen LogP contribution in [0.5, 0.6) is 0 Å². The van der Waals surface area contributed by atoms with Crippen molar-refractivity contribution in [1.29, 1.82) is 0 Å². The molecule has 1 aliphatic carbocycles. The van der Waals surface area contributed by atoms with Crippen LogP contribution in [0.1, 0.15) is 51.8 Å². The normalized spacial score (nSPS) is 13.8. The van der Waals surface area contributed by atoms with E-state index < -0.39 is 28.4 Å². The zero-order valence-electron chi connectivity index (χ0n) is 21.5. The Morgan fingerprint density at radius 3 is 2.80 bits per heavy atom. The average molecular weight is 604 g/mol. The summed E-state index contributed by atoms with van der Waals surface area (Å²) in [6.45, 7) is -0.966. The molecule has 1 fully saturated rings. The molecule has 5 aromatic rings. The van der Waals surface area contributed by atoms with Gasteiger partial charge in [-0.25, -0.2) is 36.6 Å². The molecular weight excluding hydrogens is 580 g/mol. The van der Waals surface area contributed by atoms with Crippen LogP contribution >= 0.6 is 11.6 Å². The Balaban J connectivity index is 1.18. The molecule has 0 spiro atoms. The summed E-state index contributed by atoms with van der Waals surface area (Å²) < 4.78 is 58.9. The molecule has 2 N–H and O–H groups in total. The first-order valence-electron chi connectivity index (χ1n) is 12.7. The van der Waals surface area contributed by atoms with Crippen molar-refractivity contribution in [2.24, 2.45) is 0 Å². The van der Waals surface area contributed by atoms with Gasteiger partial charge >= 0.3 is 0 Å². The van der Waals surface area contributed by atoms with Crippen molar-refractivity contribution < 1.29 is 22.0 Å². The number of hydrogen-bond acceptors (Lipinski definition) is 7. The second-order valence-corrected chi connectivity index (χ2v) is 12.0. The minimum absolute atomic E-state index is 0.0394. The molecule has 5 aromatic heterocycles. The predicted octanol–water partition coefficient (Wildman–Crippen LogP) is 2.61. The Morgan fingerprint density at radius 1 is 1.20 bits per heavy atom. The summed E-state index contributed by atoms with van der Waals surface area (Å²) in [5.74, 6) is -1.12. The number of nitrogens with zero attached hydrogens (tertiary/aromatic N) is 7. The van der Waals surface area contributed by atoms with Gasteiger partial charge in [-0.15, -0.1) is 5.10 Å². The fourth-order valence-electron chi connectivity index (χ4n) is 4.63. The van der Waals surface area contributed by atoms with E-state index in [1.807, 2.05) is 12.3 Å². The largest absolute Gasteiger partial charge is 0.345 e. The number of alkyl halides is 1. The standard InChI is InChI=1S/C25H24ClF2N9O3S/c26-19-3-6-35-14-30-20(23(35)22(19)28)8-29-25(38)21-12-37(34-33-21)11-18-10-36-9-16(15-1-2-15)7-17(24(36)32-18)13-41(39,40)31-5-4-27/h3,6-7,9-10,12,14-15,31H,1-2,4-5,8,11,13H2,(H,29,38). The summed E-state index contributed by atoms with van der Waals surface area (Å²) in [5.41, 5.74) is 3.08. The van der Waals surface area contributed by atoms with Gasteiger partial charge in [0.05, 0.1) is 47.8 Å². The van der Waals surface area contributed by atoms with Crippen molar-refractivity contribution in [2.75, 3.05) is 13.2 Å². The molecule has 1 aliphatic rings. The molecule has 0 atom stereocenters. The number of sulfonamides is 1.